The third kappa shape index (κ3) is 1.45. The number of carbonyl (C=O) groups is 1. The number of aromatic nitrogens is 2. The normalized spacial score (nSPS) is 10.5. The first kappa shape index (κ1) is 9.32. The summed E-state index contributed by atoms with van der Waals surface area (Å²) < 4.78 is 13.3. The highest BCUT2D eigenvalue weighted by Gasteiger charge is 2.12. The van der Waals surface area contributed by atoms with E-state index in [4.69, 9.17) is 10.8 Å². The molecule has 0 atom stereocenters. The third-order valence-corrected chi connectivity index (χ3v) is 1.90. The molecule has 0 saturated heterocycles. The molecule has 6 heteroatoms. The maximum atomic E-state index is 13.3. The Labute approximate surface area is 83.4 Å². The lowest BCUT2D eigenvalue weighted by molar-refractivity contribution is 0.0684. The average Bonchev–Trinajstić information content (AvgIpc) is 2.19. The number of nitrogens with two attached hydrogens (primary N) is 1. The van der Waals surface area contributed by atoms with Crippen molar-refractivity contribution in [2.24, 2.45) is 0 Å². The molecule has 3 N–H and O–H groups in total. The van der Waals surface area contributed by atoms with E-state index in [-0.39, 0.29) is 11.3 Å². The van der Waals surface area contributed by atoms with Crippen LogP contribution in [0, 0.1) is 5.82 Å². The summed E-state index contributed by atoms with van der Waals surface area (Å²) in [5.74, 6) is -2.52. The van der Waals surface area contributed by atoms with Gasteiger partial charge in [-0.15, -0.1) is 0 Å². The van der Waals surface area contributed by atoms with Crippen LogP contribution in [-0.4, -0.2) is 21.0 Å². The molecule has 1 heterocycles. The molecule has 0 amide bonds. The number of para-hydroxylation sites is 1. The largest absolute Gasteiger partial charge is 0.475 e. The van der Waals surface area contributed by atoms with E-state index in [1.54, 1.807) is 0 Å². The van der Waals surface area contributed by atoms with Gasteiger partial charge >= 0.3 is 5.97 Å². The number of fused-ring (bicyclic) bond motifs is 1. The minimum absolute atomic E-state index is 0.0445. The van der Waals surface area contributed by atoms with Crippen LogP contribution in [0.4, 0.5) is 10.2 Å². The molecular weight excluding hydrogens is 201 g/mol. The quantitative estimate of drug-likeness (QED) is 0.729. The molecule has 0 saturated carbocycles. The zero-order valence-corrected chi connectivity index (χ0v) is 7.44. The summed E-state index contributed by atoms with van der Waals surface area (Å²) >= 11 is 0. The second-order valence-corrected chi connectivity index (χ2v) is 2.87. The maximum Gasteiger partial charge on any atom is 0.374 e. The van der Waals surface area contributed by atoms with Gasteiger partial charge in [0, 0.05) is 5.39 Å². The van der Waals surface area contributed by atoms with E-state index in [0.29, 0.717) is 5.39 Å². The lowest BCUT2D eigenvalue weighted by Gasteiger charge is -2.02. The average molecular weight is 207 g/mol. The zero-order chi connectivity index (χ0) is 11.0. The first-order chi connectivity index (χ1) is 7.09. The lowest BCUT2D eigenvalue weighted by Crippen LogP contribution is -2.07. The van der Waals surface area contributed by atoms with Crippen LogP contribution in [0.5, 0.6) is 0 Å². The summed E-state index contributed by atoms with van der Waals surface area (Å²) in [6.07, 6.45) is 0. The minimum atomic E-state index is -1.34. The van der Waals surface area contributed by atoms with Gasteiger partial charge in [0.15, 0.2) is 0 Å². The molecular formula is C9H6FN3O2. The van der Waals surface area contributed by atoms with Gasteiger partial charge in [-0.05, 0) is 12.1 Å². The van der Waals surface area contributed by atoms with Crippen molar-refractivity contribution in [2.45, 2.75) is 0 Å². The van der Waals surface area contributed by atoms with E-state index in [1.165, 1.54) is 18.2 Å². The third-order valence-electron chi connectivity index (χ3n) is 1.90. The van der Waals surface area contributed by atoms with Crippen molar-refractivity contribution in [1.29, 1.82) is 0 Å². The monoisotopic (exact) mass is 207 g/mol. The molecule has 0 bridgehead atoms. The Kier molecular flexibility index (Phi) is 1.96. The Morgan fingerprint density at radius 3 is 2.80 bits per heavy atom. The van der Waals surface area contributed by atoms with Gasteiger partial charge in [0.2, 0.25) is 5.82 Å². The van der Waals surface area contributed by atoms with Crippen molar-refractivity contribution in [3.8, 4) is 0 Å². The Bertz CT molecular complexity index is 556. The molecule has 0 unspecified atom stereocenters. The predicted molar refractivity (Wildman–Crippen MR) is 50.9 cm³/mol. The van der Waals surface area contributed by atoms with E-state index in [1.807, 2.05) is 0 Å². The topological polar surface area (TPSA) is 89.1 Å². The fourth-order valence-electron chi connectivity index (χ4n) is 1.24. The van der Waals surface area contributed by atoms with Crippen molar-refractivity contribution < 1.29 is 14.3 Å². The standard InChI is InChI=1S/C9H6FN3O2/c10-5-3-1-2-4-6(5)12-8(9(14)15)13-7(4)11/h1-3H,(H,14,15)(H2,11,12,13). The molecule has 1 aromatic carbocycles. The second-order valence-electron chi connectivity index (χ2n) is 2.87. The summed E-state index contributed by atoms with van der Waals surface area (Å²) in [6.45, 7) is 0. The van der Waals surface area contributed by atoms with Crippen molar-refractivity contribution in [1.82, 2.24) is 9.97 Å². The number of benzene rings is 1. The van der Waals surface area contributed by atoms with Crippen LogP contribution in [0.15, 0.2) is 18.2 Å². The summed E-state index contributed by atoms with van der Waals surface area (Å²) in [6, 6.07) is 4.16. The van der Waals surface area contributed by atoms with Crippen molar-refractivity contribution in [2.75, 3.05) is 5.73 Å². The van der Waals surface area contributed by atoms with Crippen LogP contribution >= 0.6 is 0 Å². The number of nitrogen functional groups attached to an aromatic ring is 1. The number of anilines is 1. The molecule has 0 spiro atoms. The van der Waals surface area contributed by atoms with Gasteiger partial charge in [0.25, 0.3) is 0 Å². The Hall–Kier alpha value is -2.24. The van der Waals surface area contributed by atoms with Crippen LogP contribution in [0.25, 0.3) is 10.9 Å². The molecule has 1 aromatic heterocycles. The van der Waals surface area contributed by atoms with Crippen molar-refractivity contribution in [3.05, 3.63) is 29.8 Å². The van der Waals surface area contributed by atoms with Gasteiger partial charge in [-0.2, -0.15) is 0 Å². The van der Waals surface area contributed by atoms with Gasteiger partial charge in [-0.25, -0.2) is 19.2 Å². The van der Waals surface area contributed by atoms with Gasteiger partial charge in [-0.3, -0.25) is 0 Å². The molecule has 76 valence electrons. The van der Waals surface area contributed by atoms with Crippen LogP contribution in [-0.2, 0) is 0 Å². The molecule has 0 aliphatic rings. The molecule has 0 aliphatic carbocycles. The summed E-state index contributed by atoms with van der Waals surface area (Å²) in [5, 5.41) is 8.96. The smallest absolute Gasteiger partial charge is 0.374 e. The highest BCUT2D eigenvalue weighted by molar-refractivity contribution is 5.92. The number of aromatic carboxylic acids is 1. The van der Waals surface area contributed by atoms with E-state index >= 15 is 0 Å². The molecule has 15 heavy (non-hydrogen) atoms. The molecule has 0 radical (unpaired) electrons. The lowest BCUT2D eigenvalue weighted by atomic mass is 10.2. The highest BCUT2D eigenvalue weighted by atomic mass is 19.1. The van der Waals surface area contributed by atoms with Gasteiger partial charge in [0.1, 0.15) is 17.2 Å². The summed E-state index contributed by atoms with van der Waals surface area (Å²) in [5.41, 5.74) is 5.40. The number of carboxylic acids is 1. The predicted octanol–water partition coefficient (Wildman–Crippen LogP) is 1.05. The summed E-state index contributed by atoms with van der Waals surface area (Å²) in [7, 11) is 0. The number of halogens is 1. The van der Waals surface area contributed by atoms with Crippen LogP contribution < -0.4 is 5.73 Å². The maximum absolute atomic E-state index is 13.3. The Morgan fingerprint density at radius 1 is 1.40 bits per heavy atom. The number of carboxylic acid groups (broad SMARTS) is 1. The Balaban J connectivity index is 2.85. The SMILES string of the molecule is Nc1nc(C(=O)O)nc2c(F)cccc12. The first-order valence-electron chi connectivity index (χ1n) is 4.04. The van der Waals surface area contributed by atoms with E-state index < -0.39 is 17.6 Å². The van der Waals surface area contributed by atoms with E-state index in [2.05, 4.69) is 9.97 Å². The van der Waals surface area contributed by atoms with Gasteiger partial charge < -0.3 is 10.8 Å². The Morgan fingerprint density at radius 2 is 2.13 bits per heavy atom. The molecule has 0 fully saturated rings. The number of hydrogen-bond donors (Lipinski definition) is 2. The van der Waals surface area contributed by atoms with Gasteiger partial charge in [0.05, 0.1) is 0 Å². The van der Waals surface area contributed by atoms with Crippen molar-refractivity contribution in [3.63, 3.8) is 0 Å². The second kappa shape index (κ2) is 3.16. The highest BCUT2D eigenvalue weighted by Crippen LogP contribution is 2.19. The number of nitrogens with zero attached hydrogens (tertiary/aromatic N) is 2. The van der Waals surface area contributed by atoms with Crippen LogP contribution in [0.2, 0.25) is 0 Å². The van der Waals surface area contributed by atoms with Crippen LogP contribution in [0.1, 0.15) is 10.6 Å². The fourth-order valence-corrected chi connectivity index (χ4v) is 1.24. The number of rotatable bonds is 1. The van der Waals surface area contributed by atoms with E-state index in [9.17, 15) is 9.18 Å². The molecule has 5 nitrogen and oxygen atoms in total. The molecule has 0 aliphatic heterocycles. The number of hydrogen-bond acceptors (Lipinski definition) is 4. The molecule has 2 aromatic rings. The first-order valence-corrected chi connectivity index (χ1v) is 4.04. The van der Waals surface area contributed by atoms with Crippen molar-refractivity contribution >= 4 is 22.7 Å². The molecule has 2 rings (SSSR count). The van der Waals surface area contributed by atoms with E-state index in [0.717, 1.165) is 0 Å². The fraction of sp³-hybridized carbons (Fsp3) is 0. The minimum Gasteiger partial charge on any atom is -0.475 e. The van der Waals surface area contributed by atoms with Gasteiger partial charge in [-0.1, -0.05) is 6.07 Å². The summed E-state index contributed by atoms with van der Waals surface area (Å²) in [4.78, 5) is 17.7. The zero-order valence-electron chi connectivity index (χ0n) is 7.44. The van der Waals surface area contributed by atoms with Crippen LogP contribution in [0.3, 0.4) is 0 Å².